The molecule has 0 radical (unpaired) electrons. The van der Waals surface area contributed by atoms with Crippen LogP contribution in [0.3, 0.4) is 0 Å². The molecule has 1 fully saturated rings. The zero-order valence-electron chi connectivity index (χ0n) is 16.6. The molecule has 0 spiro atoms. The number of β-amino-alcohol motifs (C(OH)–C–C–N with tert-alkyl or cyclic N) is 1. The zero-order chi connectivity index (χ0) is 20.0. The highest BCUT2D eigenvalue weighted by Gasteiger charge is 2.38. The van der Waals surface area contributed by atoms with Crippen LogP contribution in [0.4, 0.5) is 11.8 Å². The van der Waals surface area contributed by atoms with Crippen molar-refractivity contribution in [3.63, 3.8) is 0 Å². The molecule has 1 aromatic carbocycles. The van der Waals surface area contributed by atoms with Gasteiger partial charge in [0.25, 0.3) is 0 Å². The molecule has 0 atom stereocenters. The summed E-state index contributed by atoms with van der Waals surface area (Å²) < 4.78 is 0. The molecule has 0 unspecified atom stereocenters. The molecule has 4 aromatic rings. The fourth-order valence-electron chi connectivity index (χ4n) is 4.02. The molecule has 0 bridgehead atoms. The maximum absolute atomic E-state index is 10.1. The fraction of sp³-hybridized carbons (Fsp3) is 0.318. The molecule has 0 aliphatic carbocycles. The molecule has 148 valence electrons. The Labute approximate surface area is 168 Å². The summed E-state index contributed by atoms with van der Waals surface area (Å²) in [4.78, 5) is 19.2. The summed E-state index contributed by atoms with van der Waals surface area (Å²) in [5.74, 6) is 1.36. The van der Waals surface area contributed by atoms with Crippen LogP contribution in [0.15, 0.2) is 42.7 Å². The average molecular weight is 388 g/mol. The summed E-state index contributed by atoms with van der Waals surface area (Å²) in [5, 5.41) is 14.8. The van der Waals surface area contributed by atoms with E-state index in [1.165, 1.54) is 22.0 Å². The standard InChI is InChI=1S/C22H24N6O/c1-14-5-3-6-16-15(11-25-18(14)16)8-10-24-20-19-17(7-4-9-23-19)26-21(27-20)28-12-22(2,29)13-28/h3-7,9,11,25,29H,8,10,12-13H2,1-2H3,(H,24,26,27). The molecule has 1 saturated heterocycles. The predicted octanol–water partition coefficient (Wildman–Crippen LogP) is 3.04. The topological polar surface area (TPSA) is 90.0 Å². The monoisotopic (exact) mass is 388 g/mol. The van der Waals surface area contributed by atoms with Gasteiger partial charge < -0.3 is 20.3 Å². The van der Waals surface area contributed by atoms with E-state index in [0.29, 0.717) is 19.0 Å². The number of pyridine rings is 1. The number of benzene rings is 1. The van der Waals surface area contributed by atoms with Crippen molar-refractivity contribution in [2.24, 2.45) is 0 Å². The van der Waals surface area contributed by atoms with Crippen LogP contribution in [0.1, 0.15) is 18.1 Å². The lowest BCUT2D eigenvalue weighted by atomic mass is 9.98. The number of aliphatic hydroxyl groups is 1. The van der Waals surface area contributed by atoms with E-state index in [1.807, 2.05) is 24.0 Å². The number of fused-ring (bicyclic) bond motifs is 2. The Morgan fingerprint density at radius 2 is 2.07 bits per heavy atom. The third-order valence-electron chi connectivity index (χ3n) is 5.49. The first-order valence-electron chi connectivity index (χ1n) is 9.90. The Kier molecular flexibility index (Phi) is 4.13. The van der Waals surface area contributed by atoms with Crippen molar-refractivity contribution in [1.29, 1.82) is 0 Å². The normalized spacial score (nSPS) is 15.6. The number of nitrogens with one attached hydrogen (secondary N) is 2. The van der Waals surface area contributed by atoms with E-state index >= 15 is 0 Å². The second-order valence-corrected chi connectivity index (χ2v) is 8.08. The molecule has 4 heterocycles. The number of para-hydroxylation sites is 1. The van der Waals surface area contributed by atoms with E-state index < -0.39 is 5.60 Å². The van der Waals surface area contributed by atoms with Crippen molar-refractivity contribution >= 4 is 33.7 Å². The molecular formula is C22H24N6O. The summed E-state index contributed by atoms with van der Waals surface area (Å²) in [6.45, 7) is 5.75. The minimum atomic E-state index is -0.672. The number of hydrogen-bond acceptors (Lipinski definition) is 6. The first-order chi connectivity index (χ1) is 14.0. The smallest absolute Gasteiger partial charge is 0.228 e. The molecule has 5 rings (SSSR count). The van der Waals surface area contributed by atoms with Crippen molar-refractivity contribution in [3.05, 3.63) is 53.9 Å². The number of H-pyrrole nitrogens is 1. The second-order valence-electron chi connectivity index (χ2n) is 8.08. The van der Waals surface area contributed by atoms with Crippen LogP contribution in [0.5, 0.6) is 0 Å². The Morgan fingerprint density at radius 3 is 2.90 bits per heavy atom. The highest BCUT2D eigenvalue weighted by Crippen LogP contribution is 2.28. The molecule has 29 heavy (non-hydrogen) atoms. The van der Waals surface area contributed by atoms with E-state index in [1.54, 1.807) is 6.20 Å². The maximum atomic E-state index is 10.1. The summed E-state index contributed by atoms with van der Waals surface area (Å²) in [7, 11) is 0. The van der Waals surface area contributed by atoms with Gasteiger partial charge in [0.1, 0.15) is 5.52 Å². The van der Waals surface area contributed by atoms with Crippen LogP contribution < -0.4 is 10.2 Å². The molecule has 1 aliphatic rings. The van der Waals surface area contributed by atoms with Gasteiger partial charge in [0, 0.05) is 29.8 Å². The van der Waals surface area contributed by atoms with Crippen molar-refractivity contribution in [2.45, 2.75) is 25.9 Å². The van der Waals surface area contributed by atoms with Crippen LogP contribution in [-0.4, -0.2) is 50.3 Å². The zero-order valence-corrected chi connectivity index (χ0v) is 16.6. The number of hydrogen-bond donors (Lipinski definition) is 3. The van der Waals surface area contributed by atoms with Crippen LogP contribution in [0, 0.1) is 6.92 Å². The van der Waals surface area contributed by atoms with Crippen LogP contribution in [0.25, 0.3) is 21.9 Å². The number of nitrogens with zero attached hydrogens (tertiary/aromatic N) is 4. The Hall–Kier alpha value is -3.19. The van der Waals surface area contributed by atoms with E-state index in [4.69, 9.17) is 4.98 Å². The summed E-state index contributed by atoms with van der Waals surface area (Å²) in [5.41, 5.74) is 4.62. The van der Waals surface area contributed by atoms with Gasteiger partial charge in [-0.2, -0.15) is 4.98 Å². The minimum absolute atomic E-state index is 0.535. The summed E-state index contributed by atoms with van der Waals surface area (Å²) in [6.07, 6.45) is 4.71. The first-order valence-corrected chi connectivity index (χ1v) is 9.90. The molecule has 7 heteroatoms. The third-order valence-corrected chi connectivity index (χ3v) is 5.49. The predicted molar refractivity (Wildman–Crippen MR) is 115 cm³/mol. The average Bonchev–Trinajstić information content (AvgIpc) is 3.10. The molecule has 0 amide bonds. The lowest BCUT2D eigenvalue weighted by Gasteiger charge is -2.44. The number of anilines is 2. The van der Waals surface area contributed by atoms with Crippen LogP contribution in [0.2, 0.25) is 0 Å². The Bertz CT molecular complexity index is 1190. The van der Waals surface area contributed by atoms with E-state index in [-0.39, 0.29) is 0 Å². The lowest BCUT2D eigenvalue weighted by Crippen LogP contribution is -2.60. The van der Waals surface area contributed by atoms with Crippen molar-refractivity contribution in [3.8, 4) is 0 Å². The molecule has 7 nitrogen and oxygen atoms in total. The van der Waals surface area contributed by atoms with Gasteiger partial charge in [0.05, 0.1) is 24.2 Å². The largest absolute Gasteiger partial charge is 0.386 e. The second kappa shape index (κ2) is 6.70. The van der Waals surface area contributed by atoms with Gasteiger partial charge in [-0.1, -0.05) is 18.2 Å². The fourth-order valence-corrected chi connectivity index (χ4v) is 4.02. The molecule has 0 saturated carbocycles. The van der Waals surface area contributed by atoms with Gasteiger partial charge >= 0.3 is 0 Å². The first kappa shape index (κ1) is 17.9. The lowest BCUT2D eigenvalue weighted by molar-refractivity contribution is 0.0300. The maximum Gasteiger partial charge on any atom is 0.228 e. The Morgan fingerprint density at radius 1 is 1.21 bits per heavy atom. The number of aromatic amines is 1. The van der Waals surface area contributed by atoms with Gasteiger partial charge in [0.2, 0.25) is 5.95 Å². The minimum Gasteiger partial charge on any atom is -0.386 e. The highest BCUT2D eigenvalue weighted by molar-refractivity contribution is 5.87. The van der Waals surface area contributed by atoms with Gasteiger partial charge in [-0.05, 0) is 43.5 Å². The van der Waals surface area contributed by atoms with Gasteiger partial charge in [-0.15, -0.1) is 0 Å². The van der Waals surface area contributed by atoms with Crippen LogP contribution >= 0.6 is 0 Å². The summed E-state index contributed by atoms with van der Waals surface area (Å²) in [6, 6.07) is 10.2. The third kappa shape index (κ3) is 3.27. The van der Waals surface area contributed by atoms with Crippen molar-refractivity contribution in [2.75, 3.05) is 29.9 Å². The Balaban J connectivity index is 1.38. The van der Waals surface area contributed by atoms with E-state index in [0.717, 1.165) is 29.8 Å². The number of aromatic nitrogens is 4. The number of aryl methyl sites for hydroxylation is 1. The van der Waals surface area contributed by atoms with Gasteiger partial charge in [0.15, 0.2) is 5.82 Å². The van der Waals surface area contributed by atoms with Crippen LogP contribution in [-0.2, 0) is 6.42 Å². The van der Waals surface area contributed by atoms with Gasteiger partial charge in [-0.25, -0.2) is 4.98 Å². The quantitative estimate of drug-likeness (QED) is 0.487. The molecular weight excluding hydrogens is 364 g/mol. The summed E-state index contributed by atoms with van der Waals surface area (Å²) >= 11 is 0. The molecule has 3 N–H and O–H groups in total. The highest BCUT2D eigenvalue weighted by atomic mass is 16.3. The number of rotatable bonds is 5. The van der Waals surface area contributed by atoms with Crippen molar-refractivity contribution in [1.82, 2.24) is 19.9 Å². The SMILES string of the molecule is Cc1cccc2c(CCNc3nc(N4CC(C)(O)C4)nc4cccnc34)c[nH]c12. The van der Waals surface area contributed by atoms with Crippen molar-refractivity contribution < 1.29 is 5.11 Å². The molecule has 1 aliphatic heterocycles. The van der Waals surface area contributed by atoms with Gasteiger partial charge in [-0.3, -0.25) is 4.98 Å². The van der Waals surface area contributed by atoms with E-state index in [2.05, 4.69) is 51.6 Å². The van der Waals surface area contributed by atoms with E-state index in [9.17, 15) is 5.11 Å². The molecule has 3 aromatic heterocycles.